The van der Waals surface area contributed by atoms with Crippen molar-refractivity contribution in [2.24, 2.45) is 11.8 Å². The molecule has 3 amide bonds. The van der Waals surface area contributed by atoms with Crippen molar-refractivity contribution in [2.75, 3.05) is 6.54 Å². The Morgan fingerprint density at radius 1 is 0.688 bits per heavy atom. The molecule has 0 N–H and O–H groups in total. The number of ether oxygens (including phenoxy) is 1. The Kier molecular flexibility index (Phi) is 7.07. The van der Waals surface area contributed by atoms with Crippen LogP contribution >= 0.6 is 11.6 Å². The van der Waals surface area contributed by atoms with E-state index < -0.39 is 47.9 Å². The van der Waals surface area contributed by atoms with Crippen molar-refractivity contribution in [2.45, 2.75) is 11.8 Å². The van der Waals surface area contributed by atoms with Gasteiger partial charge in [0.25, 0.3) is 17.7 Å². The van der Waals surface area contributed by atoms with E-state index in [-0.39, 0.29) is 34.5 Å². The number of esters is 1. The molecule has 1 aromatic heterocycles. The first-order valence-electron chi connectivity index (χ1n) is 15.3. The average Bonchev–Trinajstić information content (AvgIpc) is 3.75. The van der Waals surface area contributed by atoms with Crippen LogP contribution in [0.4, 0.5) is 0 Å². The molecule has 4 aromatic carbocycles. The fraction of sp³-hybridized carbons (Fsp3) is 0.132. The molecule has 0 unspecified atom stereocenters. The van der Waals surface area contributed by atoms with Gasteiger partial charge in [-0.05, 0) is 82.9 Å². The number of carbonyl (C=O) groups is 5. The maximum Gasteiger partial charge on any atom is 0.379 e. The van der Waals surface area contributed by atoms with Gasteiger partial charge in [0.2, 0.25) is 5.76 Å². The highest BCUT2D eigenvalue weighted by Crippen LogP contribution is 2.61. The van der Waals surface area contributed by atoms with E-state index in [1.807, 2.05) is 48.5 Å². The Morgan fingerprint density at radius 2 is 1.21 bits per heavy atom. The molecule has 0 saturated carbocycles. The molecule has 4 aliphatic rings. The number of rotatable bonds is 7. The van der Waals surface area contributed by atoms with Gasteiger partial charge in [-0.3, -0.25) is 19.2 Å². The summed E-state index contributed by atoms with van der Waals surface area (Å²) < 4.78 is 10.4. The van der Waals surface area contributed by atoms with E-state index >= 15 is 0 Å². The van der Waals surface area contributed by atoms with Crippen LogP contribution in [0.15, 0.2) is 120 Å². The van der Waals surface area contributed by atoms with Crippen molar-refractivity contribution in [1.29, 1.82) is 0 Å². The number of hydrogen-bond donors (Lipinski definition) is 0. The molecule has 2 atom stereocenters. The summed E-state index contributed by atoms with van der Waals surface area (Å²) in [5.41, 5.74) is 4.29. The first-order chi connectivity index (χ1) is 23.3. The van der Waals surface area contributed by atoms with Gasteiger partial charge in [0, 0.05) is 28.0 Å². The monoisotopic (exact) mass is 656 g/mol. The van der Waals surface area contributed by atoms with Crippen LogP contribution in [0.2, 0.25) is 5.02 Å². The van der Waals surface area contributed by atoms with E-state index in [4.69, 9.17) is 20.8 Å². The maximum absolute atomic E-state index is 14.5. The van der Waals surface area contributed by atoms with Crippen molar-refractivity contribution >= 4 is 41.1 Å². The van der Waals surface area contributed by atoms with E-state index in [9.17, 15) is 24.0 Å². The van der Waals surface area contributed by atoms with Crippen LogP contribution < -0.4 is 4.74 Å². The van der Waals surface area contributed by atoms with E-state index in [1.54, 1.807) is 6.07 Å². The molecule has 236 valence electrons. The Labute approximate surface area is 279 Å². The molecule has 1 aliphatic heterocycles. The normalized spacial score (nSPS) is 20.1. The van der Waals surface area contributed by atoms with Gasteiger partial charge in [-0.2, -0.15) is 5.01 Å². The summed E-state index contributed by atoms with van der Waals surface area (Å²) >= 11 is 6.08. The van der Waals surface area contributed by atoms with Crippen molar-refractivity contribution < 1.29 is 33.1 Å². The smallest absolute Gasteiger partial charge is 0.379 e. The second kappa shape index (κ2) is 11.5. The molecular weight excluding hydrogens is 632 g/mol. The van der Waals surface area contributed by atoms with Crippen LogP contribution in [-0.2, 0) is 9.59 Å². The van der Waals surface area contributed by atoms with Gasteiger partial charge in [0.15, 0.2) is 5.78 Å². The lowest BCUT2D eigenvalue weighted by molar-refractivity contribution is -0.154. The third-order valence-corrected chi connectivity index (χ3v) is 9.65. The summed E-state index contributed by atoms with van der Waals surface area (Å²) in [5.74, 6) is -5.06. The summed E-state index contributed by atoms with van der Waals surface area (Å²) in [6.45, 7) is -0.598. The first kappa shape index (κ1) is 29.6. The second-order valence-electron chi connectivity index (χ2n) is 11.9. The predicted molar refractivity (Wildman–Crippen MR) is 172 cm³/mol. The van der Waals surface area contributed by atoms with Gasteiger partial charge in [0.05, 0.1) is 18.1 Å². The highest BCUT2D eigenvalue weighted by Gasteiger charge is 2.63. The zero-order valence-corrected chi connectivity index (χ0v) is 25.9. The number of hydrazine groups is 1. The molecular formula is C38H25ClN2O7. The fourth-order valence-corrected chi connectivity index (χ4v) is 7.49. The number of amides is 3. The predicted octanol–water partition coefficient (Wildman–Crippen LogP) is 6.28. The standard InChI is InChI=1S/C38H25ClN2O7/c39-23-15-11-22(12-16-23)35(43)40(20-29(42)21-13-17-24(18-14-21)48-38(46)30-10-5-19-47-30)41-36(44)33-31-25-6-1-2-7-26(25)32(34(33)37(41)45)28-9-4-3-8-27(28)31/h1-19,31-34H,20H2/t31?,32?,33-,34+. The summed E-state index contributed by atoms with van der Waals surface area (Å²) in [4.78, 5) is 69.1. The molecule has 9 rings (SSSR count). The van der Waals surface area contributed by atoms with Crippen molar-refractivity contribution in [3.05, 3.63) is 160 Å². The van der Waals surface area contributed by atoms with E-state index in [0.717, 1.165) is 32.3 Å². The number of ketones is 1. The molecule has 5 aromatic rings. The molecule has 48 heavy (non-hydrogen) atoms. The number of furan rings is 1. The average molecular weight is 657 g/mol. The quantitative estimate of drug-likeness (QED) is 0.0876. The Bertz CT molecular complexity index is 2010. The summed E-state index contributed by atoms with van der Waals surface area (Å²) in [6, 6.07) is 30.5. The van der Waals surface area contributed by atoms with Crippen LogP contribution in [0.25, 0.3) is 0 Å². The molecule has 0 spiro atoms. The topological polar surface area (TPSA) is 114 Å². The van der Waals surface area contributed by atoms with Crippen LogP contribution in [-0.4, -0.2) is 46.0 Å². The molecule has 3 aliphatic carbocycles. The Morgan fingerprint density at radius 3 is 1.71 bits per heavy atom. The maximum atomic E-state index is 14.5. The summed E-state index contributed by atoms with van der Waals surface area (Å²) in [5, 5.41) is 2.24. The number of halogens is 1. The highest BCUT2D eigenvalue weighted by molar-refractivity contribution is 6.30. The number of nitrogens with zero attached hydrogens (tertiary/aromatic N) is 2. The van der Waals surface area contributed by atoms with Crippen LogP contribution in [0, 0.1) is 11.8 Å². The number of imide groups is 1. The second-order valence-corrected chi connectivity index (χ2v) is 12.4. The number of Topliss-reactive ketones (excluding diaryl/α,β-unsaturated/α-hetero) is 1. The minimum Gasteiger partial charge on any atom is -0.457 e. The number of benzene rings is 4. The first-order valence-corrected chi connectivity index (χ1v) is 15.7. The van der Waals surface area contributed by atoms with Crippen molar-refractivity contribution in [3.8, 4) is 5.75 Å². The molecule has 1 fully saturated rings. The van der Waals surface area contributed by atoms with Crippen LogP contribution in [0.1, 0.15) is 65.4 Å². The van der Waals surface area contributed by atoms with Crippen molar-refractivity contribution in [1.82, 2.24) is 10.0 Å². The molecule has 0 radical (unpaired) electrons. The van der Waals surface area contributed by atoms with E-state index in [1.165, 1.54) is 60.9 Å². The highest BCUT2D eigenvalue weighted by atomic mass is 35.5. The minimum atomic E-state index is -0.744. The number of hydrogen-bond acceptors (Lipinski definition) is 7. The molecule has 1 saturated heterocycles. The van der Waals surface area contributed by atoms with Gasteiger partial charge in [-0.25, -0.2) is 9.80 Å². The zero-order chi connectivity index (χ0) is 33.1. The lowest BCUT2D eigenvalue weighted by Crippen LogP contribution is -2.52. The minimum absolute atomic E-state index is 0.0200. The molecule has 2 bridgehead atoms. The number of carbonyl (C=O) groups excluding carboxylic acids is 5. The van der Waals surface area contributed by atoms with Gasteiger partial charge in [-0.1, -0.05) is 60.1 Å². The lowest BCUT2D eigenvalue weighted by Gasteiger charge is -2.45. The molecule has 10 heteroatoms. The van der Waals surface area contributed by atoms with Gasteiger partial charge >= 0.3 is 5.97 Å². The van der Waals surface area contributed by atoms with Crippen LogP contribution in [0.3, 0.4) is 0 Å². The van der Waals surface area contributed by atoms with Crippen LogP contribution in [0.5, 0.6) is 5.75 Å². The van der Waals surface area contributed by atoms with Gasteiger partial charge < -0.3 is 9.15 Å². The zero-order valence-electron chi connectivity index (χ0n) is 25.1. The van der Waals surface area contributed by atoms with E-state index in [0.29, 0.717) is 5.02 Å². The lowest BCUT2D eigenvalue weighted by atomic mass is 9.55. The van der Waals surface area contributed by atoms with Gasteiger partial charge in [0.1, 0.15) is 12.3 Å². The Balaban J connectivity index is 1.13. The summed E-state index contributed by atoms with van der Waals surface area (Å²) in [7, 11) is 0. The van der Waals surface area contributed by atoms with Crippen molar-refractivity contribution in [3.63, 3.8) is 0 Å². The third-order valence-electron chi connectivity index (χ3n) is 9.39. The Hall–Kier alpha value is -5.80. The SMILES string of the molecule is O=C(CN(C(=O)c1ccc(Cl)cc1)N1C(=O)[C@@H]2C3c4ccccc4C(c4ccccc43)[C@@H]2C1=O)c1ccc(OC(=O)c2ccco2)cc1. The summed E-state index contributed by atoms with van der Waals surface area (Å²) in [6.07, 6.45) is 1.35. The molecule has 9 nitrogen and oxygen atoms in total. The fourth-order valence-electron chi connectivity index (χ4n) is 7.36. The van der Waals surface area contributed by atoms with E-state index in [2.05, 4.69) is 0 Å². The third kappa shape index (κ3) is 4.65. The largest absolute Gasteiger partial charge is 0.457 e. The molecule has 2 heterocycles. The van der Waals surface area contributed by atoms with Gasteiger partial charge in [-0.15, -0.1) is 0 Å².